The van der Waals surface area contributed by atoms with E-state index in [1.165, 1.54) is 6.26 Å². The zero-order chi connectivity index (χ0) is 14.4. The van der Waals surface area contributed by atoms with E-state index < -0.39 is 11.4 Å². The largest absolute Gasteiger partial charge is 0.435 e. The lowest BCUT2D eigenvalue weighted by atomic mass is 9.76. The third-order valence-electron chi connectivity index (χ3n) is 2.19. The van der Waals surface area contributed by atoms with Crippen molar-refractivity contribution in [3.05, 3.63) is 12.3 Å². The molecule has 1 rings (SSSR count). The number of carbonyl (C=O) groups excluding carboxylic acids is 2. The van der Waals surface area contributed by atoms with Crippen molar-refractivity contribution in [1.29, 1.82) is 0 Å². The fourth-order valence-electron chi connectivity index (χ4n) is 1.84. The maximum Gasteiger partial charge on any atom is 0.347 e. The summed E-state index contributed by atoms with van der Waals surface area (Å²) < 4.78 is 4.33. The van der Waals surface area contributed by atoms with Gasteiger partial charge in [-0.1, -0.05) is 20.8 Å². The molecule has 1 N–H and O–H groups in total. The Morgan fingerprint density at radius 3 is 2.17 bits per heavy atom. The van der Waals surface area contributed by atoms with Crippen molar-refractivity contribution in [3.63, 3.8) is 0 Å². The lowest BCUT2D eigenvalue weighted by Gasteiger charge is -2.28. The first-order chi connectivity index (χ1) is 8.08. The minimum absolute atomic E-state index is 0.0533. The van der Waals surface area contributed by atoms with Crippen molar-refractivity contribution >= 4 is 11.9 Å². The van der Waals surface area contributed by atoms with E-state index in [1.807, 2.05) is 20.8 Å². The Balaban J connectivity index is 0.000000397. The maximum atomic E-state index is 11.0. The maximum absolute atomic E-state index is 11.0. The van der Waals surface area contributed by atoms with E-state index in [4.69, 9.17) is 5.26 Å². The van der Waals surface area contributed by atoms with Crippen LogP contribution in [0, 0.1) is 10.8 Å². The number of cyclic esters (lactones) is 1. The predicted molar refractivity (Wildman–Crippen MR) is 66.4 cm³/mol. The third kappa shape index (κ3) is 7.06. The molecule has 0 atom stereocenters. The van der Waals surface area contributed by atoms with Crippen LogP contribution in [0.4, 0.5) is 0 Å². The van der Waals surface area contributed by atoms with Crippen molar-refractivity contribution in [2.24, 2.45) is 10.8 Å². The van der Waals surface area contributed by atoms with Gasteiger partial charge in [-0.15, -0.1) is 0 Å². The highest BCUT2D eigenvalue weighted by atomic mass is 17.1. The number of hydrogen-bond acceptors (Lipinski definition) is 5. The molecule has 1 heterocycles. The molecule has 1 aliphatic rings. The van der Waals surface area contributed by atoms with Gasteiger partial charge in [0.1, 0.15) is 0 Å². The Kier molecular flexibility index (Phi) is 6.05. The first-order valence-corrected chi connectivity index (χ1v) is 5.79. The van der Waals surface area contributed by atoms with E-state index in [-0.39, 0.29) is 11.4 Å². The Hall–Kier alpha value is -1.36. The molecule has 0 unspecified atom stereocenters. The van der Waals surface area contributed by atoms with Crippen LogP contribution in [-0.2, 0) is 19.2 Å². The Morgan fingerprint density at radius 2 is 1.94 bits per heavy atom. The highest BCUT2D eigenvalue weighted by molar-refractivity contribution is 5.75. The van der Waals surface area contributed by atoms with Gasteiger partial charge >= 0.3 is 11.9 Å². The Morgan fingerprint density at radius 1 is 1.39 bits per heavy atom. The van der Waals surface area contributed by atoms with Gasteiger partial charge in [0.25, 0.3) is 0 Å². The summed E-state index contributed by atoms with van der Waals surface area (Å²) in [7, 11) is 0. The fraction of sp³-hybridized carbons (Fsp3) is 0.692. The van der Waals surface area contributed by atoms with Crippen LogP contribution in [0.25, 0.3) is 0 Å². The molecule has 0 aliphatic carbocycles. The van der Waals surface area contributed by atoms with E-state index in [2.05, 4.69) is 9.62 Å². The molecular formula is C13H22O5. The van der Waals surface area contributed by atoms with Crippen LogP contribution in [-0.4, -0.2) is 17.2 Å². The molecule has 0 aromatic heterocycles. The summed E-state index contributed by atoms with van der Waals surface area (Å²) in [5.74, 6) is -0.729. The number of hydrogen-bond donors (Lipinski definition) is 1. The summed E-state index contributed by atoms with van der Waals surface area (Å²) in [6.45, 7) is 9.64. The van der Waals surface area contributed by atoms with Gasteiger partial charge in [0.15, 0.2) is 0 Å². The van der Waals surface area contributed by atoms with Crippen LogP contribution in [0.15, 0.2) is 12.3 Å². The molecule has 1 aliphatic heterocycles. The van der Waals surface area contributed by atoms with Crippen molar-refractivity contribution in [2.75, 3.05) is 0 Å². The summed E-state index contributed by atoms with van der Waals surface area (Å²) in [6, 6.07) is 0. The highest BCUT2D eigenvalue weighted by Crippen LogP contribution is 2.33. The molecular weight excluding hydrogens is 236 g/mol. The molecule has 5 heteroatoms. The van der Waals surface area contributed by atoms with E-state index in [0.29, 0.717) is 12.8 Å². The minimum atomic E-state index is -0.618. The topological polar surface area (TPSA) is 72.8 Å². The van der Waals surface area contributed by atoms with Crippen LogP contribution in [0.3, 0.4) is 0 Å². The second kappa shape index (κ2) is 6.54. The number of carbonyl (C=O) groups is 2. The molecule has 0 fully saturated rings. The summed E-state index contributed by atoms with van der Waals surface area (Å²) >= 11 is 0. The molecule has 0 saturated carbocycles. The zero-order valence-electron chi connectivity index (χ0n) is 11.6. The number of esters is 1. The monoisotopic (exact) mass is 258 g/mol. The fourth-order valence-corrected chi connectivity index (χ4v) is 1.84. The highest BCUT2D eigenvalue weighted by Gasteiger charge is 2.34. The Labute approximate surface area is 108 Å². The van der Waals surface area contributed by atoms with Crippen LogP contribution in [0.1, 0.15) is 47.5 Å². The van der Waals surface area contributed by atoms with Crippen LogP contribution < -0.4 is 0 Å². The molecule has 0 bridgehead atoms. The Bertz CT molecular complexity index is 313. The first-order valence-electron chi connectivity index (χ1n) is 5.79. The summed E-state index contributed by atoms with van der Waals surface area (Å²) in [5, 5.41) is 8.22. The molecule has 0 saturated heterocycles. The standard InChI is InChI=1S/C9H18O3.C4H4O2/c1-8(2,3)6-9(4,5)7(10)12-11;5-4-2-1-3-6-4/h11H,6H2,1-5H3;1,3H,2H2. The molecule has 0 radical (unpaired) electrons. The van der Waals surface area contributed by atoms with E-state index >= 15 is 0 Å². The lowest BCUT2D eigenvalue weighted by molar-refractivity contribution is -0.245. The first kappa shape index (κ1) is 16.6. The van der Waals surface area contributed by atoms with Crippen LogP contribution in [0.2, 0.25) is 0 Å². The van der Waals surface area contributed by atoms with E-state index in [0.717, 1.165) is 0 Å². The molecule has 5 nitrogen and oxygen atoms in total. The van der Waals surface area contributed by atoms with Gasteiger partial charge in [0.2, 0.25) is 0 Å². The molecule has 0 aromatic rings. The average molecular weight is 258 g/mol. The van der Waals surface area contributed by atoms with Crippen molar-refractivity contribution < 1.29 is 24.5 Å². The van der Waals surface area contributed by atoms with Crippen LogP contribution in [0.5, 0.6) is 0 Å². The van der Waals surface area contributed by atoms with Crippen molar-refractivity contribution in [1.82, 2.24) is 0 Å². The van der Waals surface area contributed by atoms with Gasteiger partial charge in [-0.2, -0.15) is 5.26 Å². The predicted octanol–water partition coefficient (Wildman–Crippen LogP) is 2.91. The molecule has 0 amide bonds. The molecule has 0 aromatic carbocycles. The smallest absolute Gasteiger partial charge is 0.347 e. The number of rotatable bonds is 2. The van der Waals surface area contributed by atoms with Gasteiger partial charge in [0, 0.05) is 0 Å². The van der Waals surface area contributed by atoms with Crippen molar-refractivity contribution in [2.45, 2.75) is 47.5 Å². The summed E-state index contributed by atoms with van der Waals surface area (Å²) in [6.07, 6.45) is 4.21. The minimum Gasteiger partial charge on any atom is -0.435 e. The molecule has 0 spiro atoms. The molecule has 18 heavy (non-hydrogen) atoms. The second-order valence-electron chi connectivity index (χ2n) is 6.07. The van der Waals surface area contributed by atoms with E-state index in [1.54, 1.807) is 19.9 Å². The lowest BCUT2D eigenvalue weighted by Crippen LogP contribution is -2.30. The van der Waals surface area contributed by atoms with Gasteiger partial charge < -0.3 is 9.62 Å². The molecule has 104 valence electrons. The second-order valence-corrected chi connectivity index (χ2v) is 6.07. The van der Waals surface area contributed by atoms with Gasteiger partial charge in [0.05, 0.1) is 18.1 Å². The van der Waals surface area contributed by atoms with E-state index in [9.17, 15) is 9.59 Å². The average Bonchev–Trinajstić information content (AvgIpc) is 2.65. The third-order valence-corrected chi connectivity index (χ3v) is 2.19. The number of ether oxygens (including phenoxy) is 1. The SMILES string of the molecule is CC(C)(C)CC(C)(C)C(=O)OO.O=C1CC=CO1. The normalized spacial score (nSPS) is 14.7. The van der Waals surface area contributed by atoms with Crippen LogP contribution >= 0.6 is 0 Å². The van der Waals surface area contributed by atoms with Crippen molar-refractivity contribution in [3.8, 4) is 0 Å². The summed E-state index contributed by atoms with van der Waals surface area (Å²) in [5.41, 5.74) is -0.565. The van der Waals surface area contributed by atoms with Gasteiger partial charge in [-0.3, -0.25) is 4.79 Å². The summed E-state index contributed by atoms with van der Waals surface area (Å²) in [4.78, 5) is 24.7. The zero-order valence-corrected chi connectivity index (χ0v) is 11.6. The van der Waals surface area contributed by atoms with Gasteiger partial charge in [-0.25, -0.2) is 4.79 Å². The van der Waals surface area contributed by atoms with Gasteiger partial charge in [-0.05, 0) is 31.8 Å². The quantitative estimate of drug-likeness (QED) is 0.468.